The van der Waals surface area contributed by atoms with Crippen LogP contribution in [0.4, 0.5) is 5.69 Å². The summed E-state index contributed by atoms with van der Waals surface area (Å²) in [6.45, 7) is 0.287. The zero-order valence-corrected chi connectivity index (χ0v) is 15.8. The molecule has 1 amide bonds. The van der Waals surface area contributed by atoms with Crippen LogP contribution in [0.3, 0.4) is 0 Å². The number of halogens is 1. The summed E-state index contributed by atoms with van der Waals surface area (Å²) in [4.78, 5) is 14.2. The Morgan fingerprint density at radius 2 is 2.00 bits per heavy atom. The predicted octanol–water partition coefficient (Wildman–Crippen LogP) is 4.43. The Labute approximate surface area is 165 Å². The lowest BCUT2D eigenvalue weighted by molar-refractivity contribution is -0.116. The maximum absolute atomic E-state index is 12.7. The first-order chi connectivity index (χ1) is 13.2. The molecule has 0 saturated heterocycles. The van der Waals surface area contributed by atoms with Crippen molar-refractivity contribution in [2.75, 3.05) is 17.2 Å². The van der Waals surface area contributed by atoms with Crippen LogP contribution in [0, 0.1) is 11.3 Å². The number of nitrogens with zero attached hydrogens (tertiary/aromatic N) is 4. The maximum atomic E-state index is 12.7. The topological polar surface area (TPSA) is 83.0 Å². The van der Waals surface area contributed by atoms with Gasteiger partial charge in [0.1, 0.15) is 0 Å². The molecule has 6 nitrogen and oxygen atoms in total. The minimum atomic E-state index is -0.169. The Hall–Kier alpha value is -2.82. The number of amides is 1. The van der Waals surface area contributed by atoms with Crippen molar-refractivity contribution in [3.8, 4) is 17.5 Å². The van der Waals surface area contributed by atoms with Crippen LogP contribution >= 0.6 is 23.4 Å². The number of carbonyl (C=O) groups excluding carboxylic acids is 1. The van der Waals surface area contributed by atoms with Crippen LogP contribution in [0.5, 0.6) is 0 Å². The summed E-state index contributed by atoms with van der Waals surface area (Å²) in [6, 6.07) is 18.4. The largest absolute Gasteiger partial charge is 0.411 e. The highest BCUT2D eigenvalue weighted by Gasteiger charge is 2.18. The molecule has 0 aliphatic carbocycles. The van der Waals surface area contributed by atoms with Gasteiger partial charge in [-0.05, 0) is 30.3 Å². The number of aromatic nitrogens is 2. The van der Waals surface area contributed by atoms with E-state index in [4.69, 9.17) is 21.3 Å². The van der Waals surface area contributed by atoms with E-state index in [1.54, 1.807) is 24.3 Å². The van der Waals surface area contributed by atoms with Crippen molar-refractivity contribution in [1.29, 1.82) is 5.26 Å². The summed E-state index contributed by atoms with van der Waals surface area (Å²) in [5.41, 5.74) is 1.47. The van der Waals surface area contributed by atoms with Gasteiger partial charge in [0.05, 0.1) is 18.2 Å². The number of thioether (sulfide) groups is 1. The lowest BCUT2D eigenvalue weighted by Gasteiger charge is -2.21. The van der Waals surface area contributed by atoms with E-state index in [9.17, 15) is 4.79 Å². The molecule has 0 spiro atoms. The van der Waals surface area contributed by atoms with Crippen molar-refractivity contribution >= 4 is 35.0 Å². The van der Waals surface area contributed by atoms with Gasteiger partial charge >= 0.3 is 0 Å². The molecule has 2 aromatic carbocycles. The number of nitriles is 1. The average molecular weight is 399 g/mol. The van der Waals surface area contributed by atoms with Crippen molar-refractivity contribution in [3.63, 3.8) is 0 Å². The molecule has 0 fully saturated rings. The van der Waals surface area contributed by atoms with E-state index < -0.39 is 0 Å². The molecule has 136 valence electrons. The Morgan fingerprint density at radius 3 is 2.74 bits per heavy atom. The van der Waals surface area contributed by atoms with Gasteiger partial charge < -0.3 is 9.32 Å². The molecule has 0 bridgehead atoms. The highest BCUT2D eigenvalue weighted by Crippen LogP contribution is 2.25. The van der Waals surface area contributed by atoms with Crippen LogP contribution in [0.15, 0.2) is 64.2 Å². The van der Waals surface area contributed by atoms with Gasteiger partial charge in [0, 0.05) is 22.8 Å². The fraction of sp³-hybridized carbons (Fsp3) is 0.158. The summed E-state index contributed by atoms with van der Waals surface area (Å²) < 4.78 is 5.60. The molecule has 1 heterocycles. The zero-order chi connectivity index (χ0) is 19.1. The molecule has 0 radical (unpaired) electrons. The van der Waals surface area contributed by atoms with E-state index in [2.05, 4.69) is 16.3 Å². The summed E-state index contributed by atoms with van der Waals surface area (Å²) in [7, 11) is 0. The predicted molar refractivity (Wildman–Crippen MR) is 104 cm³/mol. The number of anilines is 1. The van der Waals surface area contributed by atoms with Gasteiger partial charge in [-0.15, -0.1) is 10.2 Å². The smallest absolute Gasteiger partial charge is 0.277 e. The molecule has 0 unspecified atom stereocenters. The van der Waals surface area contributed by atoms with Gasteiger partial charge in [-0.1, -0.05) is 47.6 Å². The van der Waals surface area contributed by atoms with E-state index in [0.29, 0.717) is 21.8 Å². The number of benzene rings is 2. The Bertz CT molecular complexity index is 956. The third-order valence-corrected chi connectivity index (χ3v) is 4.65. The highest BCUT2D eigenvalue weighted by atomic mass is 35.5. The van der Waals surface area contributed by atoms with Crippen LogP contribution in [0.2, 0.25) is 5.02 Å². The summed E-state index contributed by atoms with van der Waals surface area (Å²) >= 11 is 7.18. The standard InChI is InChI=1S/C19H15ClN4O2S/c20-15-8-4-9-16(12-15)24(11-5-10-21)17(25)13-27-19-23-22-18(26-19)14-6-2-1-3-7-14/h1-4,6-9,12H,5,11,13H2. The number of rotatable bonds is 7. The lowest BCUT2D eigenvalue weighted by atomic mass is 10.2. The number of hydrogen-bond acceptors (Lipinski definition) is 6. The molecular formula is C19H15ClN4O2S. The second kappa shape index (κ2) is 9.21. The molecule has 8 heteroatoms. The quantitative estimate of drug-likeness (QED) is 0.547. The Kier molecular flexibility index (Phi) is 6.47. The molecule has 3 rings (SSSR count). The van der Waals surface area contributed by atoms with E-state index in [1.807, 2.05) is 30.3 Å². The van der Waals surface area contributed by atoms with Crippen molar-refractivity contribution in [2.24, 2.45) is 0 Å². The van der Waals surface area contributed by atoms with Gasteiger partial charge in [0.2, 0.25) is 11.8 Å². The minimum absolute atomic E-state index is 0.106. The molecule has 3 aromatic rings. The van der Waals surface area contributed by atoms with Gasteiger partial charge in [-0.25, -0.2) is 0 Å². The molecule has 0 saturated carbocycles. The van der Waals surface area contributed by atoms with Crippen molar-refractivity contribution in [1.82, 2.24) is 10.2 Å². The van der Waals surface area contributed by atoms with Crippen LogP contribution < -0.4 is 4.90 Å². The lowest BCUT2D eigenvalue weighted by Crippen LogP contribution is -2.33. The van der Waals surface area contributed by atoms with Gasteiger partial charge in [-0.2, -0.15) is 5.26 Å². The van der Waals surface area contributed by atoms with Crippen molar-refractivity contribution in [2.45, 2.75) is 11.6 Å². The zero-order valence-electron chi connectivity index (χ0n) is 14.2. The Morgan fingerprint density at radius 1 is 1.19 bits per heavy atom. The molecular weight excluding hydrogens is 384 g/mol. The average Bonchev–Trinajstić information content (AvgIpc) is 3.16. The number of carbonyl (C=O) groups is 1. The molecule has 0 N–H and O–H groups in total. The van der Waals surface area contributed by atoms with E-state index in [-0.39, 0.29) is 24.6 Å². The van der Waals surface area contributed by atoms with Crippen LogP contribution in [0.25, 0.3) is 11.5 Å². The minimum Gasteiger partial charge on any atom is -0.411 e. The maximum Gasteiger partial charge on any atom is 0.277 e. The third-order valence-electron chi connectivity index (χ3n) is 3.61. The second-order valence-electron chi connectivity index (χ2n) is 5.46. The summed E-state index contributed by atoms with van der Waals surface area (Å²) in [5, 5.41) is 17.7. The van der Waals surface area contributed by atoms with E-state index >= 15 is 0 Å². The Balaban J connectivity index is 1.67. The monoisotopic (exact) mass is 398 g/mol. The van der Waals surface area contributed by atoms with E-state index in [0.717, 1.165) is 17.3 Å². The molecule has 0 aliphatic heterocycles. The van der Waals surface area contributed by atoms with Crippen LogP contribution in [0.1, 0.15) is 6.42 Å². The van der Waals surface area contributed by atoms with Crippen LogP contribution in [-0.4, -0.2) is 28.4 Å². The first-order valence-electron chi connectivity index (χ1n) is 8.12. The van der Waals surface area contributed by atoms with E-state index in [1.165, 1.54) is 4.90 Å². The fourth-order valence-corrected chi connectivity index (χ4v) is 3.19. The second-order valence-corrected chi connectivity index (χ2v) is 6.82. The number of hydrogen-bond donors (Lipinski definition) is 0. The SMILES string of the molecule is N#CCCN(C(=O)CSc1nnc(-c2ccccc2)o1)c1cccc(Cl)c1. The fourth-order valence-electron chi connectivity index (χ4n) is 2.37. The van der Waals surface area contributed by atoms with Gasteiger partial charge in [0.25, 0.3) is 5.22 Å². The normalized spacial score (nSPS) is 10.4. The van der Waals surface area contributed by atoms with Crippen molar-refractivity contribution < 1.29 is 9.21 Å². The molecule has 27 heavy (non-hydrogen) atoms. The molecule has 1 aromatic heterocycles. The third kappa shape index (κ3) is 5.09. The van der Waals surface area contributed by atoms with Gasteiger partial charge in [0.15, 0.2) is 0 Å². The summed E-state index contributed by atoms with van der Waals surface area (Å²) in [6.07, 6.45) is 0.224. The molecule has 0 aliphatic rings. The summed E-state index contributed by atoms with van der Waals surface area (Å²) in [5.74, 6) is 0.340. The van der Waals surface area contributed by atoms with Crippen molar-refractivity contribution in [3.05, 3.63) is 59.6 Å². The first kappa shape index (κ1) is 19.0. The van der Waals surface area contributed by atoms with Crippen LogP contribution in [-0.2, 0) is 4.79 Å². The molecule has 0 atom stereocenters. The highest BCUT2D eigenvalue weighted by molar-refractivity contribution is 7.99. The first-order valence-corrected chi connectivity index (χ1v) is 9.48. The van der Waals surface area contributed by atoms with Gasteiger partial charge in [-0.3, -0.25) is 4.79 Å².